The Morgan fingerprint density at radius 2 is 2.11 bits per heavy atom. The highest BCUT2D eigenvalue weighted by atomic mass is 14.9. The van der Waals surface area contributed by atoms with Gasteiger partial charge in [-0.2, -0.15) is 0 Å². The Kier molecular flexibility index (Phi) is 4.07. The molecule has 1 unspecified atom stereocenters. The molecule has 0 aromatic heterocycles. The molecule has 1 saturated carbocycles. The normalized spacial score (nSPS) is 20.9. The van der Waals surface area contributed by atoms with E-state index in [9.17, 15) is 0 Å². The highest BCUT2D eigenvalue weighted by molar-refractivity contribution is 5.61. The van der Waals surface area contributed by atoms with E-state index >= 15 is 0 Å². The van der Waals surface area contributed by atoms with Crippen LogP contribution in [-0.4, -0.2) is 12.6 Å². The third-order valence-electron chi connectivity index (χ3n) is 4.90. The molecule has 2 nitrogen and oxygen atoms in total. The molecule has 2 aliphatic rings. The fourth-order valence-electron chi connectivity index (χ4n) is 3.63. The summed E-state index contributed by atoms with van der Waals surface area (Å²) in [4.78, 5) is 0. The van der Waals surface area contributed by atoms with Gasteiger partial charge in [-0.15, -0.1) is 0 Å². The monoisotopic (exact) mass is 258 g/mol. The van der Waals surface area contributed by atoms with Gasteiger partial charge < -0.3 is 10.6 Å². The topological polar surface area (TPSA) is 24.1 Å². The van der Waals surface area contributed by atoms with Gasteiger partial charge in [0.25, 0.3) is 0 Å². The number of hydrogen-bond donors (Lipinski definition) is 2. The number of hydrogen-bond acceptors (Lipinski definition) is 2. The summed E-state index contributed by atoms with van der Waals surface area (Å²) in [5.74, 6) is 0.887. The lowest BCUT2D eigenvalue weighted by molar-refractivity contribution is 0.281. The second kappa shape index (κ2) is 5.96. The van der Waals surface area contributed by atoms with Crippen molar-refractivity contribution in [3.05, 3.63) is 29.3 Å². The first-order valence-corrected chi connectivity index (χ1v) is 7.92. The third-order valence-corrected chi connectivity index (χ3v) is 4.90. The fourth-order valence-corrected chi connectivity index (χ4v) is 3.63. The van der Waals surface area contributed by atoms with E-state index < -0.39 is 0 Å². The van der Waals surface area contributed by atoms with E-state index in [0.717, 1.165) is 19.0 Å². The second-order valence-corrected chi connectivity index (χ2v) is 6.20. The van der Waals surface area contributed by atoms with Crippen LogP contribution in [0.3, 0.4) is 0 Å². The average molecular weight is 258 g/mol. The molecule has 3 rings (SSSR count). The number of para-hydroxylation sites is 1. The van der Waals surface area contributed by atoms with E-state index in [0.29, 0.717) is 6.04 Å². The lowest BCUT2D eigenvalue weighted by atomic mass is 9.84. The molecule has 2 heteroatoms. The van der Waals surface area contributed by atoms with Crippen molar-refractivity contribution >= 4 is 5.69 Å². The van der Waals surface area contributed by atoms with Crippen molar-refractivity contribution in [3.63, 3.8) is 0 Å². The van der Waals surface area contributed by atoms with Gasteiger partial charge in [-0.05, 0) is 43.2 Å². The van der Waals surface area contributed by atoms with Crippen molar-refractivity contribution in [2.24, 2.45) is 5.92 Å². The Morgan fingerprint density at radius 1 is 1.26 bits per heavy atom. The van der Waals surface area contributed by atoms with Crippen LogP contribution < -0.4 is 10.6 Å². The van der Waals surface area contributed by atoms with E-state index in [2.05, 4.69) is 35.8 Å². The highest BCUT2D eigenvalue weighted by Gasteiger charge is 2.20. The van der Waals surface area contributed by atoms with Crippen LogP contribution in [0.5, 0.6) is 0 Å². The molecule has 1 aromatic carbocycles. The number of nitrogens with one attached hydrogen (secondary N) is 2. The van der Waals surface area contributed by atoms with E-state index in [-0.39, 0.29) is 0 Å². The molecule has 1 aliphatic carbocycles. The maximum atomic E-state index is 3.76. The van der Waals surface area contributed by atoms with Crippen LogP contribution in [0.25, 0.3) is 0 Å². The van der Waals surface area contributed by atoms with Crippen molar-refractivity contribution in [1.82, 2.24) is 5.32 Å². The molecule has 0 bridgehead atoms. The van der Waals surface area contributed by atoms with Gasteiger partial charge in [0.2, 0.25) is 0 Å². The number of rotatable bonds is 4. The van der Waals surface area contributed by atoms with Gasteiger partial charge in [-0.1, -0.05) is 37.5 Å². The highest BCUT2D eigenvalue weighted by Crippen LogP contribution is 2.28. The molecule has 1 atom stereocenters. The van der Waals surface area contributed by atoms with E-state index in [4.69, 9.17) is 0 Å². The summed E-state index contributed by atoms with van der Waals surface area (Å²) in [5, 5.41) is 7.29. The maximum Gasteiger partial charge on any atom is 0.0419 e. The van der Waals surface area contributed by atoms with Gasteiger partial charge in [-0.25, -0.2) is 0 Å². The summed E-state index contributed by atoms with van der Waals surface area (Å²) < 4.78 is 0. The summed E-state index contributed by atoms with van der Waals surface area (Å²) in [6.07, 6.45) is 8.32. The van der Waals surface area contributed by atoms with Crippen LogP contribution in [0.15, 0.2) is 18.2 Å². The Hall–Kier alpha value is -1.02. The third kappa shape index (κ3) is 2.94. The minimum atomic E-state index is 0.651. The molecular formula is C17H26N2. The lowest BCUT2D eigenvalue weighted by Crippen LogP contribution is -2.34. The zero-order chi connectivity index (χ0) is 13.1. The smallest absolute Gasteiger partial charge is 0.0419 e. The van der Waals surface area contributed by atoms with Gasteiger partial charge in [0.15, 0.2) is 0 Å². The van der Waals surface area contributed by atoms with Crippen molar-refractivity contribution in [2.45, 2.75) is 58.0 Å². The Bertz CT molecular complexity index is 421. The molecule has 1 aromatic rings. The van der Waals surface area contributed by atoms with Gasteiger partial charge in [0.1, 0.15) is 0 Å². The Labute approximate surface area is 117 Å². The van der Waals surface area contributed by atoms with Crippen LogP contribution in [0.2, 0.25) is 0 Å². The molecule has 19 heavy (non-hydrogen) atoms. The maximum absolute atomic E-state index is 3.76. The zero-order valence-electron chi connectivity index (χ0n) is 12.0. The first-order chi connectivity index (χ1) is 9.34. The number of anilines is 1. The summed E-state index contributed by atoms with van der Waals surface area (Å²) in [6.45, 7) is 4.48. The second-order valence-electron chi connectivity index (χ2n) is 6.20. The molecule has 1 heterocycles. The largest absolute Gasteiger partial charge is 0.384 e. The molecular weight excluding hydrogens is 232 g/mol. The first kappa shape index (κ1) is 13.0. The summed E-state index contributed by atoms with van der Waals surface area (Å²) in [7, 11) is 0. The van der Waals surface area contributed by atoms with Crippen molar-refractivity contribution < 1.29 is 0 Å². The predicted octanol–water partition coefficient (Wildman–Crippen LogP) is 3.71. The van der Waals surface area contributed by atoms with Gasteiger partial charge in [-0.3, -0.25) is 0 Å². The van der Waals surface area contributed by atoms with Crippen molar-refractivity contribution in [1.29, 1.82) is 0 Å². The molecule has 1 aliphatic heterocycles. The quantitative estimate of drug-likeness (QED) is 0.860. The minimum Gasteiger partial charge on any atom is -0.384 e. The Balaban J connectivity index is 1.58. The summed E-state index contributed by atoms with van der Waals surface area (Å²) in [6, 6.07) is 7.37. The lowest BCUT2D eigenvalue weighted by Gasteiger charge is -2.28. The SMILES string of the molecule is CC(NCc1cccc2c1NCC2)C1CCCCC1. The summed E-state index contributed by atoms with van der Waals surface area (Å²) in [5.41, 5.74) is 4.33. The minimum absolute atomic E-state index is 0.651. The van der Waals surface area contributed by atoms with Crippen LogP contribution in [0, 0.1) is 5.92 Å². The molecule has 1 fully saturated rings. The molecule has 2 N–H and O–H groups in total. The number of fused-ring (bicyclic) bond motifs is 1. The predicted molar refractivity (Wildman–Crippen MR) is 81.5 cm³/mol. The molecule has 0 saturated heterocycles. The van der Waals surface area contributed by atoms with Crippen molar-refractivity contribution in [2.75, 3.05) is 11.9 Å². The van der Waals surface area contributed by atoms with E-state index in [1.165, 1.54) is 55.3 Å². The van der Waals surface area contributed by atoms with Crippen LogP contribution in [0.4, 0.5) is 5.69 Å². The molecule has 104 valence electrons. The molecule has 0 spiro atoms. The van der Waals surface area contributed by atoms with Gasteiger partial charge in [0, 0.05) is 24.8 Å². The Morgan fingerprint density at radius 3 is 2.95 bits per heavy atom. The van der Waals surface area contributed by atoms with Crippen LogP contribution in [-0.2, 0) is 13.0 Å². The standard InChI is InChI=1S/C17H26N2/c1-13(14-6-3-2-4-7-14)19-12-16-9-5-8-15-10-11-18-17(15)16/h5,8-9,13-14,18-19H,2-4,6-7,10-12H2,1H3. The van der Waals surface area contributed by atoms with Crippen LogP contribution >= 0.6 is 0 Å². The summed E-state index contributed by atoms with van der Waals surface area (Å²) >= 11 is 0. The van der Waals surface area contributed by atoms with Gasteiger partial charge >= 0.3 is 0 Å². The average Bonchev–Trinajstić information content (AvgIpc) is 2.94. The van der Waals surface area contributed by atoms with Crippen LogP contribution in [0.1, 0.15) is 50.2 Å². The number of benzene rings is 1. The zero-order valence-corrected chi connectivity index (χ0v) is 12.0. The molecule has 0 radical (unpaired) electrons. The molecule has 0 amide bonds. The fraction of sp³-hybridized carbons (Fsp3) is 0.647. The van der Waals surface area contributed by atoms with Gasteiger partial charge in [0.05, 0.1) is 0 Å². The van der Waals surface area contributed by atoms with E-state index in [1.54, 1.807) is 0 Å². The first-order valence-electron chi connectivity index (χ1n) is 7.92. The van der Waals surface area contributed by atoms with Crippen molar-refractivity contribution in [3.8, 4) is 0 Å². The van der Waals surface area contributed by atoms with E-state index in [1.807, 2.05) is 0 Å².